The quantitative estimate of drug-likeness (QED) is 0.628. The van der Waals surface area contributed by atoms with Crippen molar-refractivity contribution in [3.63, 3.8) is 0 Å². The Morgan fingerprint density at radius 1 is 1.20 bits per heavy atom. The molecule has 2 aromatic carbocycles. The highest BCUT2D eigenvalue weighted by molar-refractivity contribution is 6.37. The van der Waals surface area contributed by atoms with Crippen LogP contribution >= 0.6 is 11.6 Å². The fourth-order valence-electron chi connectivity index (χ4n) is 3.13. The van der Waals surface area contributed by atoms with Crippen LogP contribution in [0.4, 0.5) is 5.69 Å². The lowest BCUT2D eigenvalue weighted by atomic mass is 9.93. The van der Waals surface area contributed by atoms with Crippen LogP contribution in [0, 0.1) is 6.92 Å². The number of halogens is 1. The molecule has 1 aliphatic rings. The van der Waals surface area contributed by atoms with Gasteiger partial charge in [0.05, 0.1) is 6.04 Å². The Morgan fingerprint density at radius 2 is 1.88 bits per heavy atom. The molecule has 0 aromatic heterocycles. The maximum Gasteiger partial charge on any atom is 0.248 e. The summed E-state index contributed by atoms with van der Waals surface area (Å²) in [6, 6.07) is 13.4. The first-order chi connectivity index (χ1) is 11.9. The number of β-lactam (4-membered cyclic amide) rings is 1. The molecule has 4 heteroatoms. The lowest BCUT2D eigenvalue weighted by Crippen LogP contribution is -2.62. The summed E-state index contributed by atoms with van der Waals surface area (Å²) in [5.74, 6) is 0.330. The molecular weight excluding hydrogens is 334 g/mol. The van der Waals surface area contributed by atoms with Gasteiger partial charge in [0.25, 0.3) is 0 Å². The van der Waals surface area contributed by atoms with Crippen molar-refractivity contribution >= 4 is 29.3 Å². The molecule has 0 spiro atoms. The van der Waals surface area contributed by atoms with Crippen LogP contribution in [-0.2, 0) is 4.79 Å². The van der Waals surface area contributed by atoms with E-state index in [-0.39, 0.29) is 23.6 Å². The molecule has 0 radical (unpaired) electrons. The van der Waals surface area contributed by atoms with Crippen LogP contribution in [0.15, 0.2) is 48.5 Å². The van der Waals surface area contributed by atoms with E-state index in [0.717, 1.165) is 22.4 Å². The Hall–Kier alpha value is -2.26. The van der Waals surface area contributed by atoms with E-state index in [0.29, 0.717) is 0 Å². The predicted octanol–water partition coefficient (Wildman–Crippen LogP) is 4.86. The number of benzene rings is 2. The van der Waals surface area contributed by atoms with Gasteiger partial charge in [0.1, 0.15) is 11.1 Å². The van der Waals surface area contributed by atoms with Gasteiger partial charge >= 0.3 is 0 Å². The van der Waals surface area contributed by atoms with Gasteiger partial charge in [-0.2, -0.15) is 0 Å². The van der Waals surface area contributed by atoms with Gasteiger partial charge in [0.15, 0.2) is 0 Å². The van der Waals surface area contributed by atoms with Crippen LogP contribution in [0.1, 0.15) is 36.5 Å². The summed E-state index contributed by atoms with van der Waals surface area (Å²) in [5, 5.41) is 9.59. The van der Waals surface area contributed by atoms with Crippen LogP contribution < -0.4 is 4.90 Å². The first-order valence-electron chi connectivity index (χ1n) is 8.44. The van der Waals surface area contributed by atoms with Crippen molar-refractivity contribution in [2.24, 2.45) is 0 Å². The monoisotopic (exact) mass is 355 g/mol. The summed E-state index contributed by atoms with van der Waals surface area (Å²) in [7, 11) is 0. The van der Waals surface area contributed by atoms with E-state index in [1.165, 1.54) is 0 Å². The second kappa shape index (κ2) is 6.93. The van der Waals surface area contributed by atoms with Crippen molar-refractivity contribution < 1.29 is 9.90 Å². The number of carbonyl (C=O) groups is 1. The summed E-state index contributed by atoms with van der Waals surface area (Å²) >= 11 is 6.27. The summed E-state index contributed by atoms with van der Waals surface area (Å²) in [4.78, 5) is 14.1. The lowest BCUT2D eigenvalue weighted by molar-refractivity contribution is -0.122. The minimum absolute atomic E-state index is 0.104. The highest BCUT2D eigenvalue weighted by Crippen LogP contribution is 2.39. The van der Waals surface area contributed by atoms with Gasteiger partial charge in [-0.05, 0) is 41.7 Å². The third-order valence-electron chi connectivity index (χ3n) is 4.58. The van der Waals surface area contributed by atoms with E-state index in [2.05, 4.69) is 0 Å². The smallest absolute Gasteiger partial charge is 0.248 e. The van der Waals surface area contributed by atoms with E-state index in [9.17, 15) is 9.90 Å². The molecule has 0 aliphatic carbocycles. The minimum Gasteiger partial charge on any atom is -0.508 e. The van der Waals surface area contributed by atoms with Crippen LogP contribution in [0.2, 0.25) is 0 Å². The number of aromatic hydroxyl groups is 1. The molecule has 2 aromatic rings. The standard InChI is InChI=1S/C21H22ClNO2/c1-13(2)16-12-18(14(3)11-19(16)24)23-17(20(22)21(23)25)10-9-15-7-5-4-6-8-15/h4-13,17,20,24H,1-3H3/b10-9+. The van der Waals surface area contributed by atoms with E-state index >= 15 is 0 Å². The fourth-order valence-corrected chi connectivity index (χ4v) is 3.43. The second-order valence-corrected chi connectivity index (χ2v) is 7.19. The number of carbonyl (C=O) groups excluding carboxylic acids is 1. The average molecular weight is 356 g/mol. The van der Waals surface area contributed by atoms with Crippen molar-refractivity contribution in [2.45, 2.75) is 38.1 Å². The number of rotatable bonds is 4. The first-order valence-corrected chi connectivity index (χ1v) is 8.87. The van der Waals surface area contributed by atoms with Gasteiger partial charge in [-0.1, -0.05) is 56.3 Å². The third-order valence-corrected chi connectivity index (χ3v) is 5.03. The summed E-state index contributed by atoms with van der Waals surface area (Å²) in [6.07, 6.45) is 3.95. The average Bonchev–Trinajstić information content (AvgIpc) is 2.59. The zero-order valence-corrected chi connectivity index (χ0v) is 15.4. The van der Waals surface area contributed by atoms with Crippen molar-refractivity contribution in [2.75, 3.05) is 4.90 Å². The Morgan fingerprint density at radius 3 is 2.52 bits per heavy atom. The van der Waals surface area contributed by atoms with Crippen LogP contribution in [-0.4, -0.2) is 22.4 Å². The van der Waals surface area contributed by atoms with Gasteiger partial charge in [-0.25, -0.2) is 0 Å². The molecule has 1 N–H and O–H groups in total. The van der Waals surface area contributed by atoms with Crippen molar-refractivity contribution in [1.29, 1.82) is 0 Å². The summed E-state index contributed by atoms with van der Waals surface area (Å²) in [5.41, 5.74) is 3.57. The number of alkyl halides is 1. The molecule has 1 aliphatic heterocycles. The number of nitrogens with zero attached hydrogens (tertiary/aromatic N) is 1. The van der Waals surface area contributed by atoms with E-state index < -0.39 is 5.38 Å². The van der Waals surface area contributed by atoms with Gasteiger partial charge < -0.3 is 10.0 Å². The van der Waals surface area contributed by atoms with Gasteiger partial charge in [-0.15, -0.1) is 11.6 Å². The summed E-state index contributed by atoms with van der Waals surface area (Å²) < 4.78 is 0. The van der Waals surface area contributed by atoms with Crippen LogP contribution in [0.25, 0.3) is 6.08 Å². The molecule has 130 valence electrons. The highest BCUT2D eigenvalue weighted by Gasteiger charge is 2.46. The van der Waals surface area contributed by atoms with Crippen molar-refractivity contribution in [3.8, 4) is 5.75 Å². The second-order valence-electron chi connectivity index (χ2n) is 6.72. The molecule has 3 rings (SSSR count). The Bertz CT molecular complexity index is 814. The molecule has 2 atom stereocenters. The molecule has 0 saturated carbocycles. The minimum atomic E-state index is -0.560. The number of hydrogen-bond acceptors (Lipinski definition) is 2. The van der Waals surface area contributed by atoms with Crippen molar-refractivity contribution in [3.05, 3.63) is 65.2 Å². The number of anilines is 1. The fraction of sp³-hybridized carbons (Fsp3) is 0.286. The van der Waals surface area contributed by atoms with E-state index in [4.69, 9.17) is 11.6 Å². The predicted molar refractivity (Wildman–Crippen MR) is 103 cm³/mol. The molecule has 1 amide bonds. The van der Waals surface area contributed by atoms with Gasteiger partial charge in [-0.3, -0.25) is 4.79 Å². The molecule has 25 heavy (non-hydrogen) atoms. The molecule has 1 heterocycles. The Labute approximate surface area is 153 Å². The molecule has 2 unspecified atom stereocenters. The molecule has 1 fully saturated rings. The van der Waals surface area contributed by atoms with Gasteiger partial charge in [0, 0.05) is 5.69 Å². The number of aryl methyl sites for hydroxylation is 1. The van der Waals surface area contributed by atoms with E-state index in [1.807, 2.05) is 69.3 Å². The SMILES string of the molecule is Cc1cc(O)c(C(C)C)cc1N1C(=O)C(Cl)C1/C=C/c1ccccc1. The number of phenolic OH excluding ortho intramolecular Hbond substituents is 1. The summed E-state index contributed by atoms with van der Waals surface area (Å²) in [6.45, 7) is 5.93. The first kappa shape index (κ1) is 17.6. The Kier molecular flexibility index (Phi) is 4.87. The van der Waals surface area contributed by atoms with Crippen LogP contribution in [0.5, 0.6) is 5.75 Å². The normalized spacial score (nSPS) is 20.4. The molecule has 1 saturated heterocycles. The zero-order chi connectivity index (χ0) is 18.1. The third kappa shape index (κ3) is 3.29. The topological polar surface area (TPSA) is 40.5 Å². The Balaban J connectivity index is 1.94. The maximum absolute atomic E-state index is 12.4. The number of hydrogen-bond donors (Lipinski definition) is 1. The zero-order valence-electron chi connectivity index (χ0n) is 14.6. The highest BCUT2D eigenvalue weighted by atomic mass is 35.5. The molecule has 0 bridgehead atoms. The number of phenols is 1. The van der Waals surface area contributed by atoms with Crippen LogP contribution in [0.3, 0.4) is 0 Å². The molecule has 3 nitrogen and oxygen atoms in total. The number of amides is 1. The van der Waals surface area contributed by atoms with Crippen molar-refractivity contribution in [1.82, 2.24) is 0 Å². The lowest BCUT2D eigenvalue weighted by Gasteiger charge is -2.43. The largest absolute Gasteiger partial charge is 0.508 e. The molecular formula is C21H22ClNO2. The maximum atomic E-state index is 12.4. The van der Waals surface area contributed by atoms with Gasteiger partial charge in [0.2, 0.25) is 5.91 Å². The van der Waals surface area contributed by atoms with E-state index in [1.54, 1.807) is 11.0 Å².